The number of ether oxygens (including phenoxy) is 1. The predicted molar refractivity (Wildman–Crippen MR) is 101 cm³/mol. The molecule has 0 unspecified atom stereocenters. The highest BCUT2D eigenvalue weighted by molar-refractivity contribution is 7.90. The van der Waals surface area contributed by atoms with Gasteiger partial charge in [0.25, 0.3) is 0 Å². The van der Waals surface area contributed by atoms with Gasteiger partial charge >= 0.3 is 6.03 Å². The highest BCUT2D eigenvalue weighted by Crippen LogP contribution is 2.34. The van der Waals surface area contributed by atoms with Gasteiger partial charge in [0.1, 0.15) is 0 Å². The van der Waals surface area contributed by atoms with Crippen molar-refractivity contribution in [3.8, 4) is 0 Å². The van der Waals surface area contributed by atoms with Gasteiger partial charge in [-0.1, -0.05) is 23.7 Å². The van der Waals surface area contributed by atoms with Crippen molar-refractivity contribution >= 4 is 33.3 Å². The van der Waals surface area contributed by atoms with Crippen LogP contribution in [0.3, 0.4) is 0 Å². The molecule has 0 aliphatic carbocycles. The van der Waals surface area contributed by atoms with Crippen molar-refractivity contribution in [1.29, 1.82) is 0 Å². The van der Waals surface area contributed by atoms with Crippen molar-refractivity contribution < 1.29 is 17.9 Å². The maximum atomic E-state index is 12.7. The van der Waals surface area contributed by atoms with E-state index in [2.05, 4.69) is 5.32 Å². The van der Waals surface area contributed by atoms with Gasteiger partial charge in [0.2, 0.25) is 10.0 Å². The first kappa shape index (κ1) is 19.4. The molecule has 0 aromatic heterocycles. The minimum absolute atomic E-state index is 0.0509. The zero-order valence-electron chi connectivity index (χ0n) is 14.7. The van der Waals surface area contributed by atoms with Gasteiger partial charge in [0, 0.05) is 33.3 Å². The zero-order chi connectivity index (χ0) is 18.7. The van der Waals surface area contributed by atoms with Gasteiger partial charge in [-0.3, -0.25) is 0 Å². The van der Waals surface area contributed by atoms with E-state index in [1.807, 2.05) is 0 Å². The third kappa shape index (κ3) is 3.98. The molecule has 2 amide bonds. The Morgan fingerprint density at radius 3 is 2.77 bits per heavy atom. The minimum atomic E-state index is -3.32. The Labute approximate surface area is 159 Å². The molecule has 2 atom stereocenters. The van der Waals surface area contributed by atoms with Gasteiger partial charge in [0.05, 0.1) is 22.6 Å². The summed E-state index contributed by atoms with van der Waals surface area (Å²) in [6.45, 7) is 2.24. The van der Waals surface area contributed by atoms with Gasteiger partial charge in [0.15, 0.2) is 0 Å². The summed E-state index contributed by atoms with van der Waals surface area (Å²) in [7, 11) is -1.76. The average Bonchev–Trinajstić information content (AvgIpc) is 2.76. The van der Waals surface area contributed by atoms with E-state index < -0.39 is 15.3 Å². The number of anilines is 1. The van der Waals surface area contributed by atoms with Crippen LogP contribution >= 0.6 is 11.6 Å². The maximum absolute atomic E-state index is 12.7. The lowest BCUT2D eigenvalue weighted by molar-refractivity contribution is 0.178. The number of halogens is 1. The number of carbonyl (C=O) groups is 1. The standard InChI is InChI=1S/C17H24ClN3O4S/c1-25-11-10-21-12-13-6-8-20(9-7-16(13)26(21,23)24)17(22)19-15-5-3-2-4-14(15)18/h2-5,13,16H,6-12H2,1H3,(H,19,22)/t13-,16-/m1/s1. The summed E-state index contributed by atoms with van der Waals surface area (Å²) in [5.41, 5.74) is 0.557. The van der Waals surface area contributed by atoms with E-state index in [1.165, 1.54) is 4.31 Å². The number of hydrogen-bond acceptors (Lipinski definition) is 4. The largest absolute Gasteiger partial charge is 0.383 e. The number of amides is 2. The summed E-state index contributed by atoms with van der Waals surface area (Å²) in [5, 5.41) is 2.87. The number of para-hydroxylation sites is 1. The second kappa shape index (κ2) is 8.12. The van der Waals surface area contributed by atoms with Crippen molar-refractivity contribution in [1.82, 2.24) is 9.21 Å². The smallest absolute Gasteiger partial charge is 0.321 e. The van der Waals surface area contributed by atoms with E-state index in [9.17, 15) is 13.2 Å². The number of likely N-dealkylation sites (tertiary alicyclic amines) is 1. The van der Waals surface area contributed by atoms with Crippen LogP contribution < -0.4 is 5.32 Å². The minimum Gasteiger partial charge on any atom is -0.383 e. The predicted octanol–water partition coefficient (Wildman–Crippen LogP) is 2.24. The van der Waals surface area contributed by atoms with Gasteiger partial charge in [-0.25, -0.2) is 13.2 Å². The highest BCUT2D eigenvalue weighted by atomic mass is 35.5. The van der Waals surface area contributed by atoms with Crippen molar-refractivity contribution in [3.05, 3.63) is 29.3 Å². The fraction of sp³-hybridized carbons (Fsp3) is 0.588. The maximum Gasteiger partial charge on any atom is 0.321 e. The first-order valence-corrected chi connectivity index (χ1v) is 10.6. The number of sulfonamides is 1. The van der Waals surface area contributed by atoms with Crippen LogP contribution in [0.4, 0.5) is 10.5 Å². The van der Waals surface area contributed by atoms with E-state index in [0.29, 0.717) is 56.3 Å². The van der Waals surface area contributed by atoms with E-state index in [1.54, 1.807) is 36.3 Å². The SMILES string of the molecule is COCCN1C[C@H]2CCN(C(=O)Nc3ccccc3Cl)CC[C@H]2S1(=O)=O. The molecular formula is C17H24ClN3O4S. The molecule has 2 aliphatic heterocycles. The number of nitrogens with one attached hydrogen (secondary N) is 1. The van der Waals surface area contributed by atoms with Crippen LogP contribution in [0.1, 0.15) is 12.8 Å². The third-order valence-electron chi connectivity index (χ3n) is 5.11. The van der Waals surface area contributed by atoms with E-state index in [-0.39, 0.29) is 11.9 Å². The number of urea groups is 1. The molecule has 2 saturated heterocycles. The van der Waals surface area contributed by atoms with Crippen LogP contribution in [-0.2, 0) is 14.8 Å². The van der Waals surface area contributed by atoms with Crippen molar-refractivity contribution in [3.63, 3.8) is 0 Å². The molecule has 7 nitrogen and oxygen atoms in total. The topological polar surface area (TPSA) is 79.0 Å². The number of rotatable bonds is 4. The van der Waals surface area contributed by atoms with E-state index >= 15 is 0 Å². The monoisotopic (exact) mass is 401 g/mol. The summed E-state index contributed by atoms with van der Waals surface area (Å²) < 4.78 is 32.0. The summed E-state index contributed by atoms with van der Waals surface area (Å²) in [4.78, 5) is 14.2. The number of nitrogens with zero attached hydrogens (tertiary/aromatic N) is 2. The molecule has 26 heavy (non-hydrogen) atoms. The molecular weight excluding hydrogens is 378 g/mol. The Kier molecular flexibility index (Phi) is 6.06. The molecule has 9 heteroatoms. The molecule has 144 valence electrons. The van der Waals surface area contributed by atoms with Gasteiger partial charge in [-0.05, 0) is 30.9 Å². The molecule has 0 saturated carbocycles. The summed E-state index contributed by atoms with van der Waals surface area (Å²) in [6.07, 6.45) is 1.12. The lowest BCUT2D eigenvalue weighted by atomic mass is 10.0. The number of fused-ring (bicyclic) bond motifs is 1. The molecule has 0 bridgehead atoms. The van der Waals surface area contributed by atoms with Crippen LogP contribution in [0.2, 0.25) is 5.02 Å². The van der Waals surface area contributed by atoms with Crippen molar-refractivity contribution in [2.24, 2.45) is 5.92 Å². The highest BCUT2D eigenvalue weighted by Gasteiger charge is 2.46. The number of benzene rings is 1. The summed E-state index contributed by atoms with van der Waals surface area (Å²) in [5.74, 6) is 0.0509. The van der Waals surface area contributed by atoms with E-state index in [0.717, 1.165) is 0 Å². The van der Waals surface area contributed by atoms with E-state index in [4.69, 9.17) is 16.3 Å². The Balaban J connectivity index is 1.63. The molecule has 1 N–H and O–H groups in total. The second-order valence-electron chi connectivity index (χ2n) is 6.67. The lowest BCUT2D eigenvalue weighted by Gasteiger charge is -2.22. The van der Waals surface area contributed by atoms with Crippen LogP contribution in [-0.4, -0.2) is 68.8 Å². The van der Waals surface area contributed by atoms with Crippen molar-refractivity contribution in [2.45, 2.75) is 18.1 Å². The molecule has 3 rings (SSSR count). The number of hydrogen-bond donors (Lipinski definition) is 1. The number of methoxy groups -OCH3 is 1. The van der Waals surface area contributed by atoms with Crippen LogP contribution in [0.25, 0.3) is 0 Å². The third-order valence-corrected chi connectivity index (χ3v) is 7.87. The average molecular weight is 402 g/mol. The lowest BCUT2D eigenvalue weighted by Crippen LogP contribution is -2.37. The first-order valence-electron chi connectivity index (χ1n) is 8.72. The van der Waals surface area contributed by atoms with Crippen LogP contribution in [0, 0.1) is 5.92 Å². The van der Waals surface area contributed by atoms with Crippen molar-refractivity contribution in [2.75, 3.05) is 45.2 Å². The normalized spacial score (nSPS) is 25.5. The molecule has 0 spiro atoms. The Bertz CT molecular complexity index is 758. The zero-order valence-corrected chi connectivity index (χ0v) is 16.3. The second-order valence-corrected chi connectivity index (χ2v) is 9.23. The van der Waals surface area contributed by atoms with Crippen LogP contribution in [0.15, 0.2) is 24.3 Å². The fourth-order valence-electron chi connectivity index (χ4n) is 3.67. The quantitative estimate of drug-likeness (QED) is 0.839. The summed E-state index contributed by atoms with van der Waals surface area (Å²) in [6, 6.07) is 6.81. The van der Waals surface area contributed by atoms with Gasteiger partial charge < -0.3 is 15.0 Å². The Hall–Kier alpha value is -1.35. The molecule has 2 heterocycles. The molecule has 2 aliphatic rings. The molecule has 0 radical (unpaired) electrons. The van der Waals surface area contributed by atoms with Crippen LogP contribution in [0.5, 0.6) is 0 Å². The number of carbonyl (C=O) groups excluding carboxylic acids is 1. The Morgan fingerprint density at radius 1 is 1.31 bits per heavy atom. The van der Waals surface area contributed by atoms with Gasteiger partial charge in [-0.2, -0.15) is 4.31 Å². The molecule has 1 aromatic carbocycles. The first-order chi connectivity index (χ1) is 12.4. The molecule has 2 fully saturated rings. The summed E-state index contributed by atoms with van der Waals surface area (Å²) >= 11 is 6.08. The van der Waals surface area contributed by atoms with Gasteiger partial charge in [-0.15, -0.1) is 0 Å². The molecule has 1 aromatic rings. The Morgan fingerprint density at radius 2 is 2.04 bits per heavy atom. The fourth-order valence-corrected chi connectivity index (χ4v) is 6.07.